The SMILES string of the molecule is Cc1ccc2c(c1)c(CCCN)cn2CCCN. The fourth-order valence-electron chi connectivity index (χ4n) is 2.42. The maximum atomic E-state index is 5.61. The molecule has 1 heterocycles. The molecule has 2 rings (SSSR count). The average Bonchev–Trinajstić information content (AvgIpc) is 2.71. The first-order valence-corrected chi connectivity index (χ1v) is 6.74. The summed E-state index contributed by atoms with van der Waals surface area (Å²) < 4.78 is 2.33. The van der Waals surface area contributed by atoms with Gasteiger partial charge in [0.25, 0.3) is 0 Å². The molecule has 0 saturated heterocycles. The molecule has 1 aromatic carbocycles. The van der Waals surface area contributed by atoms with Crippen LogP contribution in [-0.4, -0.2) is 17.7 Å². The molecule has 4 N–H and O–H groups in total. The Morgan fingerprint density at radius 3 is 2.61 bits per heavy atom. The summed E-state index contributed by atoms with van der Waals surface area (Å²) in [6.45, 7) is 4.63. The van der Waals surface area contributed by atoms with Crippen LogP contribution >= 0.6 is 0 Å². The molecule has 2 aromatic rings. The Morgan fingerprint density at radius 2 is 1.89 bits per heavy atom. The smallest absolute Gasteiger partial charge is 0.0483 e. The molecule has 0 aliphatic carbocycles. The summed E-state index contributed by atoms with van der Waals surface area (Å²) in [5.41, 5.74) is 15.3. The molecule has 0 amide bonds. The third-order valence-electron chi connectivity index (χ3n) is 3.37. The van der Waals surface area contributed by atoms with Gasteiger partial charge in [0.15, 0.2) is 0 Å². The highest BCUT2D eigenvalue weighted by molar-refractivity contribution is 5.84. The van der Waals surface area contributed by atoms with E-state index in [1.165, 1.54) is 22.0 Å². The number of nitrogens with zero attached hydrogens (tertiary/aromatic N) is 1. The Hall–Kier alpha value is -1.32. The predicted molar refractivity (Wildman–Crippen MR) is 77.7 cm³/mol. The zero-order chi connectivity index (χ0) is 13.0. The van der Waals surface area contributed by atoms with Crippen molar-refractivity contribution in [3.05, 3.63) is 35.5 Å². The first-order chi connectivity index (χ1) is 8.76. The van der Waals surface area contributed by atoms with Crippen LogP contribution in [0.5, 0.6) is 0 Å². The van der Waals surface area contributed by atoms with Gasteiger partial charge in [-0.15, -0.1) is 0 Å². The second-order valence-corrected chi connectivity index (χ2v) is 4.90. The second-order valence-electron chi connectivity index (χ2n) is 4.90. The minimum atomic E-state index is 0.740. The van der Waals surface area contributed by atoms with E-state index in [2.05, 4.69) is 35.9 Å². The predicted octanol–water partition coefficient (Wildman–Crippen LogP) is 2.19. The van der Waals surface area contributed by atoms with Crippen LogP contribution in [0.25, 0.3) is 10.9 Å². The van der Waals surface area contributed by atoms with Gasteiger partial charge >= 0.3 is 0 Å². The van der Waals surface area contributed by atoms with Gasteiger partial charge in [0.2, 0.25) is 0 Å². The Kier molecular flexibility index (Phi) is 4.39. The summed E-state index contributed by atoms with van der Waals surface area (Å²) in [5, 5.41) is 1.38. The Morgan fingerprint density at radius 1 is 1.11 bits per heavy atom. The molecule has 18 heavy (non-hydrogen) atoms. The molecule has 0 aliphatic heterocycles. The maximum absolute atomic E-state index is 5.61. The summed E-state index contributed by atoms with van der Waals surface area (Å²) >= 11 is 0. The van der Waals surface area contributed by atoms with Gasteiger partial charge < -0.3 is 16.0 Å². The van der Waals surface area contributed by atoms with Gasteiger partial charge in [-0.1, -0.05) is 11.6 Å². The van der Waals surface area contributed by atoms with Crippen molar-refractivity contribution in [2.45, 2.75) is 32.7 Å². The van der Waals surface area contributed by atoms with Gasteiger partial charge in [0.05, 0.1) is 0 Å². The van der Waals surface area contributed by atoms with Crippen molar-refractivity contribution in [1.82, 2.24) is 4.57 Å². The molecule has 3 nitrogen and oxygen atoms in total. The van der Waals surface area contributed by atoms with E-state index in [9.17, 15) is 0 Å². The number of nitrogens with two attached hydrogens (primary N) is 2. The summed E-state index contributed by atoms with van der Waals surface area (Å²) in [6.07, 6.45) is 5.40. The van der Waals surface area contributed by atoms with Crippen LogP contribution in [0, 0.1) is 6.92 Å². The fourth-order valence-corrected chi connectivity index (χ4v) is 2.42. The number of benzene rings is 1. The normalized spacial score (nSPS) is 11.3. The average molecular weight is 245 g/mol. The molecule has 98 valence electrons. The van der Waals surface area contributed by atoms with Crippen LogP contribution in [0.4, 0.5) is 0 Å². The van der Waals surface area contributed by atoms with Gasteiger partial charge in [0, 0.05) is 23.6 Å². The molecular weight excluding hydrogens is 222 g/mol. The Labute approximate surface area is 109 Å². The van der Waals surface area contributed by atoms with E-state index in [0.717, 1.165) is 38.9 Å². The van der Waals surface area contributed by atoms with Gasteiger partial charge in [0.1, 0.15) is 0 Å². The highest BCUT2D eigenvalue weighted by Crippen LogP contribution is 2.24. The van der Waals surface area contributed by atoms with Crippen molar-refractivity contribution >= 4 is 10.9 Å². The van der Waals surface area contributed by atoms with Crippen LogP contribution in [0.15, 0.2) is 24.4 Å². The first-order valence-electron chi connectivity index (χ1n) is 6.74. The number of rotatable bonds is 6. The van der Waals surface area contributed by atoms with E-state index < -0.39 is 0 Å². The maximum Gasteiger partial charge on any atom is 0.0483 e. The van der Waals surface area contributed by atoms with E-state index in [1.807, 2.05) is 0 Å². The zero-order valence-corrected chi connectivity index (χ0v) is 11.2. The molecule has 0 saturated carbocycles. The Balaban J connectivity index is 2.39. The standard InChI is InChI=1S/C15H23N3/c1-12-5-6-15-14(10-12)13(4-2-7-16)11-18(15)9-3-8-17/h5-6,10-11H,2-4,7-9,16-17H2,1H3. The van der Waals surface area contributed by atoms with Crippen LogP contribution in [0.1, 0.15) is 24.0 Å². The van der Waals surface area contributed by atoms with Crippen molar-refractivity contribution in [1.29, 1.82) is 0 Å². The topological polar surface area (TPSA) is 57.0 Å². The van der Waals surface area contributed by atoms with Crippen molar-refractivity contribution in [2.24, 2.45) is 11.5 Å². The minimum absolute atomic E-state index is 0.740. The zero-order valence-electron chi connectivity index (χ0n) is 11.2. The van der Waals surface area contributed by atoms with Gasteiger partial charge in [-0.2, -0.15) is 0 Å². The summed E-state index contributed by atoms with van der Waals surface area (Å²) in [5.74, 6) is 0. The molecule has 0 bridgehead atoms. The van der Waals surface area contributed by atoms with E-state index >= 15 is 0 Å². The largest absolute Gasteiger partial charge is 0.347 e. The number of hydrogen-bond donors (Lipinski definition) is 2. The van der Waals surface area contributed by atoms with Crippen LogP contribution in [-0.2, 0) is 13.0 Å². The highest BCUT2D eigenvalue weighted by Gasteiger charge is 2.08. The number of hydrogen-bond acceptors (Lipinski definition) is 2. The molecule has 0 spiro atoms. The molecule has 0 aliphatic rings. The Bertz CT molecular complexity index is 514. The number of aromatic nitrogens is 1. The van der Waals surface area contributed by atoms with Crippen LogP contribution < -0.4 is 11.5 Å². The fraction of sp³-hybridized carbons (Fsp3) is 0.467. The molecule has 0 fully saturated rings. The lowest BCUT2D eigenvalue weighted by atomic mass is 10.1. The molecule has 0 atom stereocenters. The monoisotopic (exact) mass is 245 g/mol. The summed E-state index contributed by atoms with van der Waals surface area (Å²) in [6, 6.07) is 6.67. The molecule has 0 unspecified atom stereocenters. The summed E-state index contributed by atoms with van der Waals surface area (Å²) in [4.78, 5) is 0. The van der Waals surface area contributed by atoms with Gasteiger partial charge in [-0.3, -0.25) is 0 Å². The van der Waals surface area contributed by atoms with E-state index in [0.29, 0.717) is 0 Å². The minimum Gasteiger partial charge on any atom is -0.347 e. The van der Waals surface area contributed by atoms with Crippen molar-refractivity contribution in [3.8, 4) is 0 Å². The summed E-state index contributed by atoms with van der Waals surface area (Å²) in [7, 11) is 0. The van der Waals surface area contributed by atoms with Crippen molar-refractivity contribution < 1.29 is 0 Å². The molecule has 0 radical (unpaired) electrons. The number of fused-ring (bicyclic) bond motifs is 1. The van der Waals surface area contributed by atoms with Crippen molar-refractivity contribution in [3.63, 3.8) is 0 Å². The van der Waals surface area contributed by atoms with Gasteiger partial charge in [-0.25, -0.2) is 0 Å². The van der Waals surface area contributed by atoms with E-state index in [4.69, 9.17) is 11.5 Å². The lowest BCUT2D eigenvalue weighted by Crippen LogP contribution is -2.04. The molecule has 3 heteroatoms. The quantitative estimate of drug-likeness (QED) is 0.819. The molecule has 1 aromatic heterocycles. The van der Waals surface area contributed by atoms with Gasteiger partial charge in [-0.05, 0) is 57.0 Å². The third-order valence-corrected chi connectivity index (χ3v) is 3.37. The van der Waals surface area contributed by atoms with Crippen LogP contribution in [0.2, 0.25) is 0 Å². The van der Waals surface area contributed by atoms with E-state index in [-0.39, 0.29) is 0 Å². The van der Waals surface area contributed by atoms with Crippen molar-refractivity contribution in [2.75, 3.05) is 13.1 Å². The highest BCUT2D eigenvalue weighted by atomic mass is 15.0. The van der Waals surface area contributed by atoms with Crippen LogP contribution in [0.3, 0.4) is 0 Å². The molecular formula is C15H23N3. The second kappa shape index (κ2) is 6.03. The number of aryl methyl sites for hydroxylation is 3. The first kappa shape index (κ1) is 13.1. The lowest BCUT2D eigenvalue weighted by molar-refractivity contribution is 0.667. The van der Waals surface area contributed by atoms with E-state index in [1.54, 1.807) is 0 Å². The lowest BCUT2D eigenvalue weighted by Gasteiger charge is -2.03. The third kappa shape index (κ3) is 2.74.